The Morgan fingerprint density at radius 1 is 1.38 bits per heavy atom. The molecule has 1 fully saturated rings. The highest BCUT2D eigenvalue weighted by atomic mass is 16.6. The Bertz CT molecular complexity index is 489. The van der Waals surface area contributed by atoms with E-state index in [1.165, 1.54) is 0 Å². The lowest BCUT2D eigenvalue weighted by atomic mass is 10.0. The van der Waals surface area contributed by atoms with E-state index in [9.17, 15) is 4.79 Å². The first-order chi connectivity index (χ1) is 9.85. The van der Waals surface area contributed by atoms with Gasteiger partial charge in [0.15, 0.2) is 0 Å². The maximum Gasteiger partial charge on any atom is 0.410 e. The number of piperidine rings is 1. The first-order valence-corrected chi connectivity index (χ1v) is 7.51. The lowest BCUT2D eigenvalue weighted by molar-refractivity contribution is 0.0210. The summed E-state index contributed by atoms with van der Waals surface area (Å²) in [5.74, 6) is 0. The lowest BCUT2D eigenvalue weighted by Crippen LogP contribution is -2.44. The van der Waals surface area contributed by atoms with Crippen LogP contribution >= 0.6 is 0 Å². The molecule has 0 unspecified atom stereocenters. The number of nitrogens with zero attached hydrogens (tertiary/aromatic N) is 2. The van der Waals surface area contributed by atoms with Crippen molar-refractivity contribution >= 4 is 11.8 Å². The minimum Gasteiger partial charge on any atom is -0.444 e. The molecule has 0 radical (unpaired) electrons. The van der Waals surface area contributed by atoms with Gasteiger partial charge < -0.3 is 15.0 Å². The molecule has 0 spiro atoms. The molecular formula is C16H25N3O2. The molecule has 1 N–H and O–H groups in total. The normalized spacial score (nSPS) is 16.7. The second-order valence-corrected chi connectivity index (χ2v) is 6.52. The number of carbonyl (C=O) groups excluding carboxylic acids is 1. The highest BCUT2D eigenvalue weighted by molar-refractivity contribution is 5.68. The van der Waals surface area contributed by atoms with E-state index in [1.807, 2.05) is 39.8 Å². The van der Waals surface area contributed by atoms with Crippen LogP contribution in [0.2, 0.25) is 0 Å². The first kappa shape index (κ1) is 15.6. The van der Waals surface area contributed by atoms with Crippen molar-refractivity contribution in [3.05, 3.63) is 24.0 Å². The Morgan fingerprint density at radius 2 is 2.05 bits per heavy atom. The van der Waals surface area contributed by atoms with Crippen LogP contribution in [0.25, 0.3) is 0 Å². The van der Waals surface area contributed by atoms with E-state index in [1.54, 1.807) is 11.1 Å². The third kappa shape index (κ3) is 4.62. The summed E-state index contributed by atoms with van der Waals surface area (Å²) in [7, 11) is 0. The smallest absolute Gasteiger partial charge is 0.410 e. The van der Waals surface area contributed by atoms with Gasteiger partial charge in [0, 0.05) is 25.3 Å². The van der Waals surface area contributed by atoms with Crippen LogP contribution in [0.5, 0.6) is 0 Å². The quantitative estimate of drug-likeness (QED) is 0.909. The van der Waals surface area contributed by atoms with Crippen LogP contribution < -0.4 is 5.32 Å². The van der Waals surface area contributed by atoms with Crippen LogP contribution in [0.1, 0.15) is 39.3 Å². The van der Waals surface area contributed by atoms with Gasteiger partial charge >= 0.3 is 6.09 Å². The van der Waals surface area contributed by atoms with Crippen LogP contribution in [0.3, 0.4) is 0 Å². The van der Waals surface area contributed by atoms with Crippen molar-refractivity contribution in [3.8, 4) is 0 Å². The van der Waals surface area contributed by atoms with Crippen molar-refractivity contribution in [1.29, 1.82) is 0 Å². The van der Waals surface area contributed by atoms with E-state index in [-0.39, 0.29) is 6.09 Å². The standard InChI is InChI=1S/C16H25N3O2/c1-12-14(6-5-9-17-12)18-13-7-10-19(11-8-13)15(20)21-16(2,3)4/h5-6,9,13,18H,7-8,10-11H2,1-4H3. The molecular weight excluding hydrogens is 266 g/mol. The third-order valence-corrected chi connectivity index (χ3v) is 3.51. The summed E-state index contributed by atoms with van der Waals surface area (Å²) in [6, 6.07) is 4.36. The molecule has 5 nitrogen and oxygen atoms in total. The van der Waals surface area contributed by atoms with Gasteiger partial charge in [-0.15, -0.1) is 0 Å². The van der Waals surface area contributed by atoms with Crippen molar-refractivity contribution in [2.24, 2.45) is 0 Å². The minimum atomic E-state index is -0.432. The number of aromatic nitrogens is 1. The molecule has 1 amide bonds. The second-order valence-electron chi connectivity index (χ2n) is 6.52. The predicted octanol–water partition coefficient (Wildman–Crippen LogP) is 3.20. The van der Waals surface area contributed by atoms with Crippen molar-refractivity contribution in [2.75, 3.05) is 18.4 Å². The number of aryl methyl sites for hydroxylation is 1. The van der Waals surface area contributed by atoms with Crippen LogP contribution in [-0.2, 0) is 4.74 Å². The molecule has 0 bridgehead atoms. The van der Waals surface area contributed by atoms with Gasteiger partial charge in [-0.3, -0.25) is 4.98 Å². The van der Waals surface area contributed by atoms with E-state index in [2.05, 4.69) is 10.3 Å². The summed E-state index contributed by atoms with van der Waals surface area (Å²) >= 11 is 0. The topological polar surface area (TPSA) is 54.5 Å². The Kier molecular flexibility index (Phi) is 4.70. The highest BCUT2D eigenvalue weighted by Gasteiger charge is 2.26. The minimum absolute atomic E-state index is 0.210. The summed E-state index contributed by atoms with van der Waals surface area (Å²) < 4.78 is 5.41. The number of hydrogen-bond acceptors (Lipinski definition) is 4. The summed E-state index contributed by atoms with van der Waals surface area (Å²) in [6.45, 7) is 9.13. The third-order valence-electron chi connectivity index (χ3n) is 3.51. The number of likely N-dealkylation sites (tertiary alicyclic amines) is 1. The van der Waals surface area contributed by atoms with Crippen LogP contribution in [0.15, 0.2) is 18.3 Å². The maximum atomic E-state index is 12.0. The molecule has 21 heavy (non-hydrogen) atoms. The molecule has 0 saturated carbocycles. The fourth-order valence-corrected chi connectivity index (χ4v) is 2.39. The number of hydrogen-bond donors (Lipinski definition) is 1. The second kappa shape index (κ2) is 6.33. The molecule has 1 saturated heterocycles. The number of pyridine rings is 1. The summed E-state index contributed by atoms with van der Waals surface area (Å²) in [5.41, 5.74) is 1.65. The number of rotatable bonds is 2. The van der Waals surface area contributed by atoms with Crippen LogP contribution in [0.4, 0.5) is 10.5 Å². The maximum absolute atomic E-state index is 12.0. The Morgan fingerprint density at radius 3 is 2.62 bits per heavy atom. The number of anilines is 1. The average molecular weight is 291 g/mol. The highest BCUT2D eigenvalue weighted by Crippen LogP contribution is 2.20. The number of ether oxygens (including phenoxy) is 1. The lowest BCUT2D eigenvalue weighted by Gasteiger charge is -2.34. The summed E-state index contributed by atoms with van der Waals surface area (Å²) in [6.07, 6.45) is 3.44. The predicted molar refractivity (Wildman–Crippen MR) is 83.4 cm³/mol. The van der Waals surface area contributed by atoms with Gasteiger partial charge in [0.1, 0.15) is 5.60 Å². The van der Waals surface area contributed by atoms with Crippen molar-refractivity contribution in [1.82, 2.24) is 9.88 Å². The fraction of sp³-hybridized carbons (Fsp3) is 0.625. The van der Waals surface area contributed by atoms with Gasteiger partial charge in [-0.25, -0.2) is 4.79 Å². The number of carbonyl (C=O) groups is 1. The van der Waals surface area contributed by atoms with Crippen molar-refractivity contribution in [3.63, 3.8) is 0 Å². The molecule has 1 aromatic rings. The van der Waals surface area contributed by atoms with Gasteiger partial charge in [-0.05, 0) is 52.7 Å². The molecule has 2 heterocycles. The largest absolute Gasteiger partial charge is 0.444 e. The Balaban J connectivity index is 1.83. The molecule has 5 heteroatoms. The van der Waals surface area contributed by atoms with Crippen molar-refractivity contribution in [2.45, 2.75) is 52.2 Å². The van der Waals surface area contributed by atoms with E-state index >= 15 is 0 Å². The molecule has 1 aromatic heterocycles. The molecule has 0 aliphatic carbocycles. The van der Waals surface area contributed by atoms with Gasteiger partial charge in [0.05, 0.1) is 11.4 Å². The van der Waals surface area contributed by atoms with Gasteiger partial charge in [0.2, 0.25) is 0 Å². The molecule has 1 aliphatic heterocycles. The van der Waals surface area contributed by atoms with E-state index in [0.29, 0.717) is 6.04 Å². The molecule has 0 atom stereocenters. The summed E-state index contributed by atoms with van der Waals surface area (Å²) in [5, 5.41) is 3.52. The zero-order valence-electron chi connectivity index (χ0n) is 13.3. The van der Waals surface area contributed by atoms with Gasteiger partial charge in [0.25, 0.3) is 0 Å². The molecule has 0 aromatic carbocycles. The number of amides is 1. The first-order valence-electron chi connectivity index (χ1n) is 7.51. The SMILES string of the molecule is Cc1ncccc1NC1CCN(C(=O)OC(C)(C)C)CC1. The monoisotopic (exact) mass is 291 g/mol. The van der Waals surface area contributed by atoms with Crippen LogP contribution in [0, 0.1) is 6.92 Å². The van der Waals surface area contributed by atoms with Gasteiger partial charge in [-0.1, -0.05) is 0 Å². The van der Waals surface area contributed by atoms with E-state index in [0.717, 1.165) is 37.3 Å². The molecule has 116 valence electrons. The molecule has 1 aliphatic rings. The average Bonchev–Trinajstić information content (AvgIpc) is 2.40. The Hall–Kier alpha value is -1.78. The molecule has 2 rings (SSSR count). The van der Waals surface area contributed by atoms with E-state index in [4.69, 9.17) is 4.74 Å². The van der Waals surface area contributed by atoms with E-state index < -0.39 is 5.60 Å². The van der Waals surface area contributed by atoms with Gasteiger partial charge in [-0.2, -0.15) is 0 Å². The van der Waals surface area contributed by atoms with Crippen LogP contribution in [-0.4, -0.2) is 40.7 Å². The zero-order chi connectivity index (χ0) is 15.5. The fourth-order valence-electron chi connectivity index (χ4n) is 2.39. The summed E-state index contributed by atoms with van der Waals surface area (Å²) in [4.78, 5) is 18.1. The Labute approximate surface area is 126 Å². The van der Waals surface area contributed by atoms with Crippen molar-refractivity contribution < 1.29 is 9.53 Å². The zero-order valence-corrected chi connectivity index (χ0v) is 13.3. The number of nitrogens with one attached hydrogen (secondary N) is 1.